The molecule has 1 saturated heterocycles. The van der Waals surface area contributed by atoms with Crippen LogP contribution in [-0.2, 0) is 4.79 Å². The molecular weight excluding hydrogens is 304 g/mol. The zero-order valence-electron chi connectivity index (χ0n) is 14.9. The van der Waals surface area contributed by atoms with Crippen molar-refractivity contribution in [3.05, 3.63) is 0 Å². The van der Waals surface area contributed by atoms with Crippen LogP contribution < -0.4 is 5.32 Å². The molecule has 6 heteroatoms. The molecule has 0 spiro atoms. The molecule has 2 N–H and O–H groups in total. The lowest BCUT2D eigenvalue weighted by Crippen LogP contribution is -2.55. The molecule has 2 aliphatic carbocycles. The molecule has 1 aliphatic heterocycles. The first-order chi connectivity index (χ1) is 11.7. The van der Waals surface area contributed by atoms with Crippen LogP contribution in [0.5, 0.6) is 0 Å². The second-order valence-corrected chi connectivity index (χ2v) is 7.40. The molecule has 0 aromatic carbocycles. The van der Waals surface area contributed by atoms with E-state index in [-0.39, 0.29) is 12.0 Å². The van der Waals surface area contributed by atoms with E-state index in [1.807, 2.05) is 16.7 Å². The number of aliphatic imine (C=N–C) groups is 1. The second kappa shape index (κ2) is 8.19. The molecule has 3 aliphatic rings. The van der Waals surface area contributed by atoms with Gasteiger partial charge in [-0.25, -0.2) is 0 Å². The van der Waals surface area contributed by atoms with Gasteiger partial charge < -0.3 is 20.2 Å². The first-order valence-electron chi connectivity index (χ1n) is 9.70. The highest BCUT2D eigenvalue weighted by Crippen LogP contribution is 2.28. The number of aliphatic hydroxyl groups is 1. The number of guanidine groups is 1. The van der Waals surface area contributed by atoms with Gasteiger partial charge in [-0.05, 0) is 38.5 Å². The number of carbonyl (C=O) groups excluding carboxylic acids is 1. The minimum absolute atomic E-state index is 0.210. The maximum atomic E-state index is 12.3. The number of hydrogen-bond acceptors (Lipinski definition) is 3. The Labute approximate surface area is 145 Å². The smallest absolute Gasteiger partial charge is 0.242 e. The summed E-state index contributed by atoms with van der Waals surface area (Å²) in [4.78, 5) is 21.0. The maximum Gasteiger partial charge on any atom is 0.242 e. The van der Waals surface area contributed by atoms with Gasteiger partial charge in [0.2, 0.25) is 5.91 Å². The average Bonchev–Trinajstić information content (AvgIpc) is 3.44. The Morgan fingerprint density at radius 3 is 2.62 bits per heavy atom. The van der Waals surface area contributed by atoms with Gasteiger partial charge in [0, 0.05) is 25.7 Å². The molecule has 0 aromatic rings. The first kappa shape index (κ1) is 17.5. The molecule has 3 fully saturated rings. The van der Waals surface area contributed by atoms with Crippen molar-refractivity contribution < 1.29 is 9.90 Å². The summed E-state index contributed by atoms with van der Waals surface area (Å²) in [5, 5.41) is 13.7. The van der Waals surface area contributed by atoms with E-state index < -0.39 is 0 Å². The lowest BCUT2D eigenvalue weighted by molar-refractivity contribution is -0.135. The van der Waals surface area contributed by atoms with Crippen LogP contribution in [-0.4, -0.2) is 71.6 Å². The van der Waals surface area contributed by atoms with Crippen molar-refractivity contribution in [3.63, 3.8) is 0 Å². The standard InChI is InChI=1S/C18H32N4O2/c1-2-19-18(20-12-16(23)14-6-4-3-5-7-14)21-10-11-22(15-8-9-15)17(24)13-21/h14-16,23H,2-13H2,1H3,(H,19,20). The summed E-state index contributed by atoms with van der Waals surface area (Å²) in [6, 6.07) is 0.493. The summed E-state index contributed by atoms with van der Waals surface area (Å²) in [7, 11) is 0. The Morgan fingerprint density at radius 1 is 1.25 bits per heavy atom. The fraction of sp³-hybridized carbons (Fsp3) is 0.889. The van der Waals surface area contributed by atoms with Gasteiger partial charge in [0.25, 0.3) is 0 Å². The molecular formula is C18H32N4O2. The average molecular weight is 336 g/mol. The highest BCUT2D eigenvalue weighted by Gasteiger charge is 2.36. The Balaban J connectivity index is 1.55. The van der Waals surface area contributed by atoms with Crippen LogP contribution >= 0.6 is 0 Å². The molecule has 1 amide bonds. The molecule has 6 nitrogen and oxygen atoms in total. The molecule has 3 rings (SSSR count). The van der Waals surface area contributed by atoms with Crippen LogP contribution in [0.3, 0.4) is 0 Å². The van der Waals surface area contributed by atoms with Gasteiger partial charge in [0.1, 0.15) is 0 Å². The largest absolute Gasteiger partial charge is 0.391 e. The van der Waals surface area contributed by atoms with Gasteiger partial charge in [0.15, 0.2) is 5.96 Å². The number of aliphatic hydroxyl groups excluding tert-OH is 1. The van der Waals surface area contributed by atoms with E-state index in [2.05, 4.69) is 10.3 Å². The number of carbonyl (C=O) groups is 1. The van der Waals surface area contributed by atoms with Crippen molar-refractivity contribution in [1.82, 2.24) is 15.1 Å². The van der Waals surface area contributed by atoms with Crippen molar-refractivity contribution in [2.45, 2.75) is 64.0 Å². The molecule has 2 saturated carbocycles. The normalized spacial score (nSPS) is 25.1. The summed E-state index contributed by atoms with van der Waals surface area (Å²) in [5.74, 6) is 1.37. The summed E-state index contributed by atoms with van der Waals surface area (Å²) >= 11 is 0. The minimum atomic E-state index is -0.359. The van der Waals surface area contributed by atoms with Gasteiger partial charge >= 0.3 is 0 Å². The highest BCUT2D eigenvalue weighted by atomic mass is 16.3. The van der Waals surface area contributed by atoms with Crippen molar-refractivity contribution in [1.29, 1.82) is 0 Å². The van der Waals surface area contributed by atoms with Crippen LogP contribution in [0.15, 0.2) is 4.99 Å². The third-order valence-electron chi connectivity index (χ3n) is 5.50. The van der Waals surface area contributed by atoms with Crippen molar-refractivity contribution in [2.24, 2.45) is 10.9 Å². The monoisotopic (exact) mass is 336 g/mol. The molecule has 0 radical (unpaired) electrons. The van der Waals surface area contributed by atoms with E-state index in [0.29, 0.717) is 25.0 Å². The molecule has 0 bridgehead atoms. The number of piperazine rings is 1. The van der Waals surface area contributed by atoms with Crippen LogP contribution in [0.25, 0.3) is 0 Å². The van der Waals surface area contributed by atoms with Gasteiger partial charge in [-0.3, -0.25) is 9.79 Å². The minimum Gasteiger partial charge on any atom is -0.391 e. The Bertz CT molecular complexity index is 458. The summed E-state index contributed by atoms with van der Waals surface area (Å²) in [6.07, 6.45) is 7.94. The van der Waals surface area contributed by atoms with E-state index in [1.165, 1.54) is 19.3 Å². The third kappa shape index (κ3) is 4.41. The van der Waals surface area contributed by atoms with Crippen LogP contribution in [0.2, 0.25) is 0 Å². The van der Waals surface area contributed by atoms with E-state index in [9.17, 15) is 9.90 Å². The predicted molar refractivity (Wildman–Crippen MR) is 94.9 cm³/mol. The van der Waals surface area contributed by atoms with E-state index >= 15 is 0 Å². The Morgan fingerprint density at radius 2 is 2.00 bits per heavy atom. The van der Waals surface area contributed by atoms with Crippen LogP contribution in [0.4, 0.5) is 0 Å². The van der Waals surface area contributed by atoms with Crippen molar-refractivity contribution in [2.75, 3.05) is 32.7 Å². The zero-order chi connectivity index (χ0) is 16.9. The van der Waals surface area contributed by atoms with Gasteiger partial charge in [0.05, 0.1) is 19.2 Å². The summed E-state index contributed by atoms with van der Waals surface area (Å²) in [5.41, 5.74) is 0. The molecule has 1 atom stereocenters. The molecule has 1 heterocycles. The maximum absolute atomic E-state index is 12.3. The fourth-order valence-electron chi connectivity index (χ4n) is 3.91. The van der Waals surface area contributed by atoms with Gasteiger partial charge in [-0.15, -0.1) is 0 Å². The molecule has 136 valence electrons. The number of rotatable bonds is 5. The second-order valence-electron chi connectivity index (χ2n) is 7.40. The van der Waals surface area contributed by atoms with Crippen LogP contribution in [0, 0.1) is 5.92 Å². The third-order valence-corrected chi connectivity index (χ3v) is 5.50. The van der Waals surface area contributed by atoms with E-state index in [0.717, 1.165) is 51.3 Å². The number of nitrogens with one attached hydrogen (secondary N) is 1. The Kier molecular flexibility index (Phi) is 5.98. The lowest BCUT2D eigenvalue weighted by Gasteiger charge is -2.36. The zero-order valence-corrected chi connectivity index (χ0v) is 14.9. The summed E-state index contributed by atoms with van der Waals surface area (Å²) < 4.78 is 0. The SMILES string of the molecule is CCNC(=NCC(O)C1CCCCC1)N1CCN(C2CC2)C(=O)C1. The number of amides is 1. The van der Waals surface area contributed by atoms with Gasteiger partial charge in [-0.1, -0.05) is 19.3 Å². The first-order valence-corrected chi connectivity index (χ1v) is 9.70. The van der Waals surface area contributed by atoms with Crippen LogP contribution in [0.1, 0.15) is 51.9 Å². The lowest BCUT2D eigenvalue weighted by atomic mass is 9.85. The van der Waals surface area contributed by atoms with Crippen molar-refractivity contribution in [3.8, 4) is 0 Å². The molecule has 24 heavy (non-hydrogen) atoms. The summed E-state index contributed by atoms with van der Waals surface area (Å²) in [6.45, 7) is 5.27. The topological polar surface area (TPSA) is 68.2 Å². The highest BCUT2D eigenvalue weighted by molar-refractivity contribution is 5.88. The van der Waals surface area contributed by atoms with Crippen molar-refractivity contribution >= 4 is 11.9 Å². The van der Waals surface area contributed by atoms with E-state index in [4.69, 9.17) is 0 Å². The fourth-order valence-corrected chi connectivity index (χ4v) is 3.91. The number of nitrogens with zero attached hydrogens (tertiary/aromatic N) is 3. The van der Waals surface area contributed by atoms with Gasteiger partial charge in [-0.2, -0.15) is 0 Å². The molecule has 0 aromatic heterocycles. The quantitative estimate of drug-likeness (QED) is 0.585. The predicted octanol–water partition coefficient (Wildman–Crippen LogP) is 1.20. The van der Waals surface area contributed by atoms with E-state index in [1.54, 1.807) is 0 Å². The molecule has 1 unspecified atom stereocenters. The Hall–Kier alpha value is -1.30. The number of hydrogen-bond donors (Lipinski definition) is 2.